The molecular weight excluding hydrogens is 328 g/mol. The second-order valence-corrected chi connectivity index (χ2v) is 8.84. The Labute approximate surface area is 144 Å². The normalized spacial score (nSPS) is 21.5. The van der Waals surface area contributed by atoms with E-state index in [9.17, 15) is 4.79 Å². The van der Waals surface area contributed by atoms with Crippen LogP contribution in [0.1, 0.15) is 62.4 Å². The molecule has 0 amide bonds. The zero-order chi connectivity index (χ0) is 16.2. The summed E-state index contributed by atoms with van der Waals surface area (Å²) in [6.45, 7) is 4.82. The van der Waals surface area contributed by atoms with E-state index in [1.54, 1.807) is 11.3 Å². The van der Waals surface area contributed by atoms with Gasteiger partial charge in [0.05, 0.1) is 22.4 Å². The highest BCUT2D eigenvalue weighted by Crippen LogP contribution is 2.40. The second-order valence-electron chi connectivity index (χ2n) is 7.33. The number of thiophene rings is 1. The number of nitrogens with one attached hydrogen (secondary N) is 1. The van der Waals surface area contributed by atoms with E-state index in [-0.39, 0.29) is 11.3 Å². The van der Waals surface area contributed by atoms with Crippen LogP contribution < -0.4 is 5.69 Å². The van der Waals surface area contributed by atoms with Gasteiger partial charge in [0.15, 0.2) is 0 Å². The third kappa shape index (κ3) is 2.61. The molecule has 2 aromatic rings. The van der Waals surface area contributed by atoms with Crippen LogP contribution in [0.15, 0.2) is 4.79 Å². The largest absolute Gasteiger partial charge is 0.370 e. The van der Waals surface area contributed by atoms with Crippen molar-refractivity contribution in [3.05, 3.63) is 25.6 Å². The molecule has 23 heavy (non-hydrogen) atoms. The highest BCUT2D eigenvalue weighted by Gasteiger charge is 2.31. The molecule has 3 heterocycles. The number of ether oxygens (including phenoxy) is 1. The summed E-state index contributed by atoms with van der Waals surface area (Å²) in [5.41, 5.74) is 2.03. The van der Waals surface area contributed by atoms with E-state index in [4.69, 9.17) is 17.0 Å². The number of aromatic amines is 1. The van der Waals surface area contributed by atoms with Gasteiger partial charge in [0.1, 0.15) is 4.64 Å². The van der Waals surface area contributed by atoms with Crippen molar-refractivity contribution >= 4 is 33.8 Å². The minimum Gasteiger partial charge on any atom is -0.370 e. The van der Waals surface area contributed by atoms with Crippen molar-refractivity contribution < 1.29 is 4.74 Å². The minimum atomic E-state index is -0.144. The van der Waals surface area contributed by atoms with Crippen LogP contribution in [0.4, 0.5) is 0 Å². The molecular formula is C17H22N2O2S2. The molecule has 4 nitrogen and oxygen atoms in total. The number of hydrogen-bond donors (Lipinski definition) is 1. The maximum absolute atomic E-state index is 12.7. The first-order chi connectivity index (χ1) is 11.0. The number of aromatic nitrogens is 2. The molecule has 0 unspecified atom stereocenters. The molecule has 1 aliphatic carbocycles. The summed E-state index contributed by atoms with van der Waals surface area (Å²) in [4.78, 5) is 16.9. The van der Waals surface area contributed by atoms with Crippen LogP contribution in [0.2, 0.25) is 0 Å². The first-order valence-electron chi connectivity index (χ1n) is 8.39. The third-order valence-corrected chi connectivity index (χ3v) is 6.76. The van der Waals surface area contributed by atoms with Gasteiger partial charge in [-0.05, 0) is 26.7 Å². The van der Waals surface area contributed by atoms with Gasteiger partial charge >= 0.3 is 5.69 Å². The van der Waals surface area contributed by atoms with Crippen LogP contribution in [-0.2, 0) is 17.8 Å². The number of rotatable bonds is 1. The van der Waals surface area contributed by atoms with Crippen molar-refractivity contribution in [1.29, 1.82) is 0 Å². The highest BCUT2D eigenvalue weighted by molar-refractivity contribution is 7.71. The lowest BCUT2D eigenvalue weighted by Gasteiger charge is -2.30. The lowest BCUT2D eigenvalue weighted by atomic mass is 9.94. The van der Waals surface area contributed by atoms with Crippen molar-refractivity contribution in [2.75, 3.05) is 0 Å². The zero-order valence-corrected chi connectivity index (χ0v) is 15.2. The number of fused-ring (bicyclic) bond motifs is 3. The highest BCUT2D eigenvalue weighted by atomic mass is 32.1. The Morgan fingerprint density at radius 1 is 1.30 bits per heavy atom. The zero-order valence-electron chi connectivity index (χ0n) is 13.6. The van der Waals surface area contributed by atoms with E-state index in [0.717, 1.165) is 29.5 Å². The maximum Gasteiger partial charge on any atom is 0.327 e. The van der Waals surface area contributed by atoms with Crippen molar-refractivity contribution in [3.63, 3.8) is 0 Å². The Balaban J connectivity index is 1.97. The van der Waals surface area contributed by atoms with Crippen LogP contribution >= 0.6 is 23.6 Å². The molecule has 0 saturated heterocycles. The molecule has 124 valence electrons. The standard InChI is InChI=1S/C17H22N2O2S2/c1-17(2)8-12-11(9-21-17)13-14(23-12)15(22)18-16(20)19(13)10-6-4-3-5-7-10/h10H,3-9H2,1-2H3,(H,18,20,22). The predicted molar refractivity (Wildman–Crippen MR) is 96.0 cm³/mol. The molecule has 0 radical (unpaired) electrons. The topological polar surface area (TPSA) is 47.0 Å². The third-order valence-electron chi connectivity index (χ3n) is 5.08. The first-order valence-corrected chi connectivity index (χ1v) is 9.62. The molecule has 1 aliphatic heterocycles. The van der Waals surface area contributed by atoms with Gasteiger partial charge in [-0.25, -0.2) is 4.79 Å². The van der Waals surface area contributed by atoms with Crippen LogP contribution in [0.25, 0.3) is 10.2 Å². The summed E-state index contributed by atoms with van der Waals surface area (Å²) in [7, 11) is 0. The molecule has 0 atom stereocenters. The summed E-state index contributed by atoms with van der Waals surface area (Å²) in [6.07, 6.45) is 6.72. The van der Waals surface area contributed by atoms with Gasteiger partial charge in [-0.15, -0.1) is 11.3 Å². The Morgan fingerprint density at radius 2 is 2.04 bits per heavy atom. The Kier molecular flexibility index (Phi) is 3.74. The van der Waals surface area contributed by atoms with E-state index in [0.29, 0.717) is 17.3 Å². The average Bonchev–Trinajstić information content (AvgIpc) is 2.86. The average molecular weight is 351 g/mol. The fourth-order valence-corrected chi connectivity index (χ4v) is 5.63. The van der Waals surface area contributed by atoms with Gasteiger partial charge in [0, 0.05) is 22.9 Å². The van der Waals surface area contributed by atoms with Gasteiger partial charge < -0.3 is 4.74 Å². The quantitative estimate of drug-likeness (QED) is 0.772. The summed E-state index contributed by atoms with van der Waals surface area (Å²) >= 11 is 7.19. The lowest BCUT2D eigenvalue weighted by Crippen LogP contribution is -2.32. The molecule has 1 fully saturated rings. The van der Waals surface area contributed by atoms with Gasteiger partial charge in [0.25, 0.3) is 0 Å². The fourth-order valence-electron chi connectivity index (χ4n) is 3.91. The Hall–Kier alpha value is -0.980. The number of hydrogen-bond acceptors (Lipinski definition) is 4. The van der Waals surface area contributed by atoms with E-state index < -0.39 is 0 Å². The number of H-pyrrole nitrogens is 1. The smallest absolute Gasteiger partial charge is 0.327 e. The summed E-state index contributed by atoms with van der Waals surface area (Å²) in [5, 5.41) is 0. The second kappa shape index (κ2) is 5.53. The minimum absolute atomic E-state index is 0.0557. The molecule has 2 aromatic heterocycles. The molecule has 1 N–H and O–H groups in total. The van der Waals surface area contributed by atoms with Crippen LogP contribution in [0.5, 0.6) is 0 Å². The van der Waals surface area contributed by atoms with Crippen LogP contribution in [0.3, 0.4) is 0 Å². The van der Waals surface area contributed by atoms with Crippen molar-refractivity contribution in [1.82, 2.24) is 9.55 Å². The van der Waals surface area contributed by atoms with Gasteiger partial charge in [-0.1, -0.05) is 31.5 Å². The van der Waals surface area contributed by atoms with Gasteiger partial charge in [-0.3, -0.25) is 9.55 Å². The molecule has 0 bridgehead atoms. The van der Waals surface area contributed by atoms with Gasteiger partial charge in [-0.2, -0.15) is 0 Å². The Morgan fingerprint density at radius 3 is 2.78 bits per heavy atom. The van der Waals surface area contributed by atoms with Crippen molar-refractivity contribution in [2.24, 2.45) is 0 Å². The molecule has 1 saturated carbocycles. The summed E-state index contributed by atoms with van der Waals surface area (Å²) in [5.74, 6) is 0. The Bertz CT molecular complexity index is 869. The van der Waals surface area contributed by atoms with E-state index in [1.165, 1.54) is 29.7 Å². The summed E-state index contributed by atoms with van der Waals surface area (Å²) < 4.78 is 9.65. The number of nitrogens with zero attached hydrogens (tertiary/aromatic N) is 1. The van der Waals surface area contributed by atoms with Gasteiger partial charge in [0.2, 0.25) is 0 Å². The first kappa shape index (κ1) is 15.5. The van der Waals surface area contributed by atoms with E-state index >= 15 is 0 Å². The molecule has 6 heteroatoms. The van der Waals surface area contributed by atoms with Crippen molar-refractivity contribution in [2.45, 2.75) is 70.6 Å². The van der Waals surface area contributed by atoms with E-state index in [1.807, 2.05) is 4.57 Å². The van der Waals surface area contributed by atoms with E-state index in [2.05, 4.69) is 18.8 Å². The lowest BCUT2D eigenvalue weighted by molar-refractivity contribution is -0.0384. The van der Waals surface area contributed by atoms with Crippen molar-refractivity contribution in [3.8, 4) is 0 Å². The van der Waals surface area contributed by atoms with Crippen LogP contribution in [-0.4, -0.2) is 15.2 Å². The summed E-state index contributed by atoms with van der Waals surface area (Å²) in [6, 6.07) is 0.291. The molecule has 0 spiro atoms. The SMILES string of the molecule is CC1(C)Cc2sc3c(=S)[nH]c(=O)n(C4CCCCC4)c3c2CO1. The monoisotopic (exact) mass is 350 g/mol. The molecule has 2 aliphatic rings. The molecule has 0 aromatic carbocycles. The van der Waals surface area contributed by atoms with Crippen LogP contribution in [0, 0.1) is 4.64 Å². The molecule has 4 rings (SSSR count). The predicted octanol–water partition coefficient (Wildman–Crippen LogP) is 4.48. The fraction of sp³-hybridized carbons (Fsp3) is 0.647. The maximum atomic E-state index is 12.7.